The second kappa shape index (κ2) is 5.55. The number of esters is 1. The summed E-state index contributed by atoms with van der Waals surface area (Å²) in [5.41, 5.74) is -0.201. The van der Waals surface area contributed by atoms with Crippen LogP contribution < -0.4 is 0 Å². The molecule has 1 spiro atoms. The number of hydrogen-bond acceptors (Lipinski definition) is 5. The minimum Gasteiger partial charge on any atom is -0.481 e. The van der Waals surface area contributed by atoms with E-state index in [1.54, 1.807) is 13.0 Å². The monoisotopic (exact) mass is 374 g/mol. The van der Waals surface area contributed by atoms with E-state index in [0.29, 0.717) is 25.7 Å². The van der Waals surface area contributed by atoms with Crippen LogP contribution in [-0.2, 0) is 19.1 Å². The lowest BCUT2D eigenvalue weighted by molar-refractivity contribution is -0.167. The van der Waals surface area contributed by atoms with E-state index in [1.165, 1.54) is 14.2 Å². The SMILES string of the molecule is C=C1C[C@]23C[C@@]1(O)CCC2=C1C=C[C@H](OC)[C@@](C)(C(=O)O)[C@H]1[C@@H]3C(=O)OC. The molecular weight excluding hydrogens is 348 g/mol. The minimum atomic E-state index is -1.31. The Balaban J connectivity index is 1.97. The predicted octanol–water partition coefficient (Wildman–Crippen LogP) is 2.24. The minimum absolute atomic E-state index is 0.398. The number of hydrogen-bond donors (Lipinski definition) is 2. The van der Waals surface area contributed by atoms with Crippen LogP contribution in [0.15, 0.2) is 35.5 Å². The molecule has 6 nitrogen and oxygen atoms in total. The molecule has 0 aromatic rings. The fourth-order valence-corrected chi connectivity index (χ4v) is 6.35. The first kappa shape index (κ1) is 18.4. The summed E-state index contributed by atoms with van der Waals surface area (Å²) in [5.74, 6) is -2.68. The highest BCUT2D eigenvalue weighted by Crippen LogP contribution is 2.71. The zero-order chi connectivity index (χ0) is 19.8. The molecule has 4 aliphatic rings. The molecule has 4 aliphatic carbocycles. The van der Waals surface area contributed by atoms with Crippen LogP contribution in [-0.4, -0.2) is 48.1 Å². The number of methoxy groups -OCH3 is 2. The van der Waals surface area contributed by atoms with Gasteiger partial charge in [0, 0.05) is 18.4 Å². The highest BCUT2D eigenvalue weighted by Gasteiger charge is 2.70. The van der Waals surface area contributed by atoms with Gasteiger partial charge in [-0.1, -0.05) is 24.3 Å². The quantitative estimate of drug-likeness (QED) is 0.581. The van der Waals surface area contributed by atoms with Gasteiger partial charge in [-0.3, -0.25) is 9.59 Å². The summed E-state index contributed by atoms with van der Waals surface area (Å²) < 4.78 is 10.7. The van der Waals surface area contributed by atoms with E-state index in [1.807, 2.05) is 6.08 Å². The van der Waals surface area contributed by atoms with Crippen LogP contribution in [0.4, 0.5) is 0 Å². The van der Waals surface area contributed by atoms with Crippen LogP contribution in [0.5, 0.6) is 0 Å². The van der Waals surface area contributed by atoms with Crippen molar-refractivity contribution in [1.82, 2.24) is 0 Å². The standard InChI is InChI=1S/C21H26O6/c1-11-9-20-10-21(11,25)8-7-13(20)12-5-6-14(26-3)19(2,18(23)24)15(12)16(20)17(22)27-4/h5-6,14-16,25H,1,7-10H2,2-4H3,(H,23,24)/t14-,15+,16+,19+,20-,21-/m0/s1. The van der Waals surface area contributed by atoms with Crippen molar-refractivity contribution in [2.75, 3.05) is 14.2 Å². The summed E-state index contributed by atoms with van der Waals surface area (Å²) in [5, 5.41) is 21.2. The number of allylic oxidation sites excluding steroid dienone is 3. The summed E-state index contributed by atoms with van der Waals surface area (Å²) in [6.45, 7) is 5.73. The Morgan fingerprint density at radius 2 is 2.04 bits per heavy atom. The van der Waals surface area contributed by atoms with Gasteiger partial charge in [-0.05, 0) is 43.8 Å². The normalized spacial score (nSPS) is 44.9. The lowest BCUT2D eigenvalue weighted by atomic mass is 9.59. The first-order chi connectivity index (χ1) is 12.7. The van der Waals surface area contributed by atoms with E-state index in [-0.39, 0.29) is 0 Å². The average Bonchev–Trinajstić information content (AvgIpc) is 3.01. The molecule has 2 fully saturated rings. The molecule has 0 saturated heterocycles. The fraction of sp³-hybridized carbons (Fsp3) is 0.619. The third kappa shape index (κ3) is 2.03. The number of carboxylic acids is 1. The molecule has 0 amide bonds. The highest BCUT2D eigenvalue weighted by atomic mass is 16.5. The van der Waals surface area contributed by atoms with E-state index >= 15 is 0 Å². The number of aliphatic carboxylic acids is 1. The van der Waals surface area contributed by atoms with Gasteiger partial charge >= 0.3 is 11.9 Å². The van der Waals surface area contributed by atoms with Crippen molar-refractivity contribution >= 4 is 11.9 Å². The molecule has 2 N–H and O–H groups in total. The average molecular weight is 374 g/mol. The van der Waals surface area contributed by atoms with Crippen molar-refractivity contribution in [2.45, 2.75) is 44.3 Å². The molecule has 0 radical (unpaired) electrons. The van der Waals surface area contributed by atoms with Gasteiger partial charge in [-0.25, -0.2) is 0 Å². The Bertz CT molecular complexity index is 809. The number of rotatable bonds is 3. The van der Waals surface area contributed by atoms with Gasteiger partial charge in [0.2, 0.25) is 0 Å². The predicted molar refractivity (Wildman–Crippen MR) is 96.7 cm³/mol. The van der Waals surface area contributed by atoms with Crippen molar-refractivity contribution in [1.29, 1.82) is 0 Å². The second-order valence-corrected chi connectivity index (χ2v) is 8.66. The van der Waals surface area contributed by atoms with Gasteiger partial charge in [0.1, 0.15) is 5.41 Å². The second-order valence-electron chi connectivity index (χ2n) is 8.66. The first-order valence-corrected chi connectivity index (χ1v) is 9.32. The van der Waals surface area contributed by atoms with E-state index in [4.69, 9.17) is 9.47 Å². The molecule has 6 atom stereocenters. The van der Waals surface area contributed by atoms with Crippen LogP contribution in [0, 0.1) is 22.7 Å². The van der Waals surface area contributed by atoms with Gasteiger partial charge in [0.25, 0.3) is 0 Å². The fourth-order valence-electron chi connectivity index (χ4n) is 6.35. The Morgan fingerprint density at radius 3 is 2.63 bits per heavy atom. The number of carbonyl (C=O) groups excluding carboxylic acids is 1. The summed E-state index contributed by atoms with van der Waals surface area (Å²) in [6.07, 6.45) is 5.12. The van der Waals surface area contributed by atoms with Crippen LogP contribution in [0.3, 0.4) is 0 Å². The topological polar surface area (TPSA) is 93.1 Å². The van der Waals surface area contributed by atoms with Gasteiger partial charge in [-0.2, -0.15) is 0 Å². The van der Waals surface area contributed by atoms with Gasteiger partial charge in [0.15, 0.2) is 0 Å². The zero-order valence-corrected chi connectivity index (χ0v) is 15.9. The molecule has 146 valence electrons. The van der Waals surface area contributed by atoms with Crippen molar-refractivity contribution in [3.8, 4) is 0 Å². The largest absolute Gasteiger partial charge is 0.481 e. The Kier molecular flexibility index (Phi) is 3.79. The highest BCUT2D eigenvalue weighted by molar-refractivity contribution is 5.84. The van der Waals surface area contributed by atoms with Crippen molar-refractivity contribution in [2.24, 2.45) is 22.7 Å². The van der Waals surface area contributed by atoms with Crippen molar-refractivity contribution in [3.05, 3.63) is 35.5 Å². The third-order valence-electron chi connectivity index (χ3n) is 7.65. The molecule has 2 bridgehead atoms. The molecule has 0 aromatic heterocycles. The Morgan fingerprint density at radius 1 is 1.33 bits per heavy atom. The number of carboxylic acid groups (broad SMARTS) is 1. The van der Waals surface area contributed by atoms with E-state index in [9.17, 15) is 19.8 Å². The molecule has 0 aromatic carbocycles. The van der Waals surface area contributed by atoms with E-state index < -0.39 is 46.3 Å². The molecular formula is C21H26O6. The number of aliphatic hydroxyl groups is 1. The van der Waals surface area contributed by atoms with Crippen LogP contribution in [0.2, 0.25) is 0 Å². The molecule has 0 heterocycles. The molecule has 6 heteroatoms. The van der Waals surface area contributed by atoms with Gasteiger partial charge < -0.3 is 19.7 Å². The van der Waals surface area contributed by atoms with Crippen molar-refractivity contribution in [3.63, 3.8) is 0 Å². The Hall–Kier alpha value is -1.92. The summed E-state index contributed by atoms with van der Waals surface area (Å²) in [6, 6.07) is 0. The molecule has 0 aliphatic heterocycles. The maximum atomic E-state index is 13.0. The van der Waals surface area contributed by atoms with Gasteiger partial charge in [-0.15, -0.1) is 0 Å². The maximum absolute atomic E-state index is 13.0. The van der Waals surface area contributed by atoms with Crippen LogP contribution >= 0.6 is 0 Å². The van der Waals surface area contributed by atoms with E-state index in [2.05, 4.69) is 6.58 Å². The smallest absolute Gasteiger partial charge is 0.312 e. The molecule has 4 rings (SSSR count). The van der Waals surface area contributed by atoms with Crippen LogP contribution in [0.25, 0.3) is 0 Å². The molecule has 0 unspecified atom stereocenters. The summed E-state index contributed by atoms with van der Waals surface area (Å²) >= 11 is 0. The first-order valence-electron chi connectivity index (χ1n) is 9.32. The lowest BCUT2D eigenvalue weighted by Gasteiger charge is -2.45. The van der Waals surface area contributed by atoms with Crippen molar-refractivity contribution < 1.29 is 29.3 Å². The zero-order valence-electron chi connectivity index (χ0n) is 15.9. The summed E-state index contributed by atoms with van der Waals surface area (Å²) in [4.78, 5) is 25.4. The Labute approximate surface area is 158 Å². The number of ether oxygens (including phenoxy) is 2. The summed E-state index contributed by atoms with van der Waals surface area (Å²) in [7, 11) is 2.82. The van der Waals surface area contributed by atoms with Crippen LogP contribution in [0.1, 0.15) is 32.6 Å². The van der Waals surface area contributed by atoms with Gasteiger partial charge in [0.05, 0.1) is 24.7 Å². The number of carbonyl (C=O) groups is 2. The maximum Gasteiger partial charge on any atom is 0.312 e. The lowest BCUT2D eigenvalue weighted by Crippen LogP contribution is -2.53. The molecule has 27 heavy (non-hydrogen) atoms. The van der Waals surface area contributed by atoms with E-state index in [0.717, 1.165) is 16.7 Å². The number of fused-ring (bicyclic) bond motifs is 2. The molecule has 2 saturated carbocycles. The third-order valence-corrected chi connectivity index (χ3v) is 7.65.